The summed E-state index contributed by atoms with van der Waals surface area (Å²) >= 11 is 0. The zero-order valence-electron chi connectivity index (χ0n) is 6.23. The van der Waals surface area contributed by atoms with Gasteiger partial charge < -0.3 is 9.42 Å². The molecule has 0 heterocycles. The van der Waals surface area contributed by atoms with Crippen molar-refractivity contribution in [2.75, 3.05) is 6.61 Å². The second-order valence-corrected chi connectivity index (χ2v) is 3.50. The molecule has 1 N–H and O–H groups in total. The maximum atomic E-state index is 10.7. The molecule has 0 saturated carbocycles. The minimum Gasteiger partial charge on any atom is -0.319 e. The van der Waals surface area contributed by atoms with E-state index in [1.807, 2.05) is 0 Å². The minimum atomic E-state index is -4.33. The van der Waals surface area contributed by atoms with Gasteiger partial charge in [0.15, 0.2) is 0 Å². The van der Waals surface area contributed by atoms with E-state index < -0.39 is 18.9 Å². The van der Waals surface area contributed by atoms with Crippen LogP contribution in [0.1, 0.15) is 13.8 Å². The van der Waals surface area contributed by atoms with Crippen LogP contribution in [0.15, 0.2) is 0 Å². The molecular formula is C5H9O5P. The molecule has 0 rings (SSSR count). The van der Waals surface area contributed by atoms with E-state index in [1.54, 1.807) is 0 Å². The fourth-order valence-electron chi connectivity index (χ4n) is 0.433. The fourth-order valence-corrected chi connectivity index (χ4v) is 1.30. The van der Waals surface area contributed by atoms with Crippen molar-refractivity contribution in [3.63, 3.8) is 0 Å². The van der Waals surface area contributed by atoms with Crippen molar-refractivity contribution in [3.8, 4) is 0 Å². The normalized spacial score (nSPS) is 15.5. The molecule has 0 aliphatic heterocycles. The molecule has 1 atom stereocenters. The molecule has 64 valence electrons. The third kappa shape index (κ3) is 2.93. The lowest BCUT2D eigenvalue weighted by Crippen LogP contribution is -2.11. The maximum absolute atomic E-state index is 10.7. The third-order valence-corrected chi connectivity index (χ3v) is 2.30. The summed E-state index contributed by atoms with van der Waals surface area (Å²) in [4.78, 5) is 29.6. The quantitative estimate of drug-likeness (QED) is 0.497. The van der Waals surface area contributed by atoms with Gasteiger partial charge in [-0.1, -0.05) is 0 Å². The van der Waals surface area contributed by atoms with Gasteiger partial charge in [-0.3, -0.25) is 14.2 Å². The Labute approximate surface area is 63.9 Å². The van der Waals surface area contributed by atoms with E-state index in [4.69, 9.17) is 4.89 Å². The summed E-state index contributed by atoms with van der Waals surface area (Å²) in [5, 5.41) is 0. The molecule has 1 unspecified atom stereocenters. The lowest BCUT2D eigenvalue weighted by atomic mass is 10.5. The molecule has 11 heavy (non-hydrogen) atoms. The van der Waals surface area contributed by atoms with E-state index in [-0.39, 0.29) is 6.61 Å². The highest BCUT2D eigenvalue weighted by atomic mass is 31.2. The van der Waals surface area contributed by atoms with Crippen molar-refractivity contribution in [2.24, 2.45) is 0 Å². The first-order valence-corrected chi connectivity index (χ1v) is 4.52. The van der Waals surface area contributed by atoms with E-state index in [1.165, 1.54) is 6.92 Å². The number of carbonyl (C=O) groups excluding carboxylic acids is 2. The molecule has 0 saturated heterocycles. The van der Waals surface area contributed by atoms with Gasteiger partial charge >= 0.3 is 13.1 Å². The first-order chi connectivity index (χ1) is 4.91. The number of ketones is 1. The van der Waals surface area contributed by atoms with Gasteiger partial charge in [0.25, 0.3) is 0 Å². The molecule has 0 radical (unpaired) electrons. The van der Waals surface area contributed by atoms with E-state index >= 15 is 0 Å². The van der Waals surface area contributed by atoms with Crippen LogP contribution in [-0.4, -0.2) is 22.8 Å². The zero-order chi connectivity index (χ0) is 9.07. The Balaban J connectivity index is 4.43. The smallest absolute Gasteiger partial charge is 0.319 e. The third-order valence-electron chi connectivity index (χ3n) is 0.862. The Kier molecular flexibility index (Phi) is 3.58. The molecule has 0 aromatic carbocycles. The average molecular weight is 180 g/mol. The van der Waals surface area contributed by atoms with Gasteiger partial charge in [-0.05, 0) is 6.92 Å². The van der Waals surface area contributed by atoms with Crippen molar-refractivity contribution >= 4 is 18.9 Å². The van der Waals surface area contributed by atoms with Crippen molar-refractivity contribution in [1.82, 2.24) is 0 Å². The lowest BCUT2D eigenvalue weighted by Gasteiger charge is -2.05. The van der Waals surface area contributed by atoms with Gasteiger partial charge in [-0.25, -0.2) is 0 Å². The highest BCUT2D eigenvalue weighted by molar-refractivity contribution is 7.74. The second kappa shape index (κ2) is 3.76. The molecular weight excluding hydrogens is 171 g/mol. The van der Waals surface area contributed by atoms with Crippen molar-refractivity contribution in [3.05, 3.63) is 0 Å². The fraction of sp³-hybridized carbons (Fsp3) is 0.600. The zero-order valence-corrected chi connectivity index (χ0v) is 7.13. The van der Waals surface area contributed by atoms with Gasteiger partial charge in [0.1, 0.15) is 0 Å². The average Bonchev–Trinajstić information content (AvgIpc) is 1.86. The largest absolute Gasteiger partial charge is 0.402 e. The predicted molar refractivity (Wildman–Crippen MR) is 37.1 cm³/mol. The van der Waals surface area contributed by atoms with Gasteiger partial charge in [-0.15, -0.1) is 0 Å². The Bertz CT molecular complexity index is 221. The Hall–Kier alpha value is -0.510. The van der Waals surface area contributed by atoms with Crippen molar-refractivity contribution in [1.29, 1.82) is 0 Å². The monoisotopic (exact) mass is 180 g/mol. The van der Waals surface area contributed by atoms with Crippen LogP contribution >= 0.6 is 7.60 Å². The molecule has 0 aliphatic rings. The van der Waals surface area contributed by atoms with Gasteiger partial charge in [0.2, 0.25) is 5.78 Å². The number of hydrogen-bond donors (Lipinski definition) is 1. The summed E-state index contributed by atoms with van der Waals surface area (Å²) < 4.78 is 14.9. The number of hydrogen-bond acceptors (Lipinski definition) is 4. The summed E-state index contributed by atoms with van der Waals surface area (Å²) in [6, 6.07) is 0. The SMILES string of the molecule is CCOP(=O)(O)C(=O)C(C)=O. The summed E-state index contributed by atoms with van der Waals surface area (Å²) in [5.74, 6) is -0.968. The molecule has 0 amide bonds. The standard InChI is InChI=1S/C5H9O5P/c1-3-10-11(8,9)5(7)4(2)6/h3H2,1-2H3,(H,8,9). The molecule has 0 bridgehead atoms. The van der Waals surface area contributed by atoms with Gasteiger partial charge in [0, 0.05) is 6.92 Å². The van der Waals surface area contributed by atoms with Crippen LogP contribution in [0.3, 0.4) is 0 Å². The highest BCUT2D eigenvalue weighted by Gasteiger charge is 2.33. The Morgan fingerprint density at radius 3 is 2.27 bits per heavy atom. The van der Waals surface area contributed by atoms with Crippen LogP contribution in [0.25, 0.3) is 0 Å². The van der Waals surface area contributed by atoms with Crippen LogP contribution in [0.2, 0.25) is 0 Å². The van der Waals surface area contributed by atoms with Crippen LogP contribution < -0.4 is 0 Å². The summed E-state index contributed by atoms with van der Waals surface area (Å²) in [7, 11) is -4.33. The summed E-state index contributed by atoms with van der Waals surface area (Å²) in [5.41, 5.74) is -1.36. The van der Waals surface area contributed by atoms with Crippen molar-refractivity contribution in [2.45, 2.75) is 13.8 Å². The molecule has 0 fully saturated rings. The van der Waals surface area contributed by atoms with E-state index in [2.05, 4.69) is 4.52 Å². The number of carbonyl (C=O) groups is 2. The first kappa shape index (κ1) is 10.5. The van der Waals surface area contributed by atoms with Crippen LogP contribution in [0.4, 0.5) is 0 Å². The van der Waals surface area contributed by atoms with Crippen molar-refractivity contribution < 1.29 is 23.6 Å². The second-order valence-electron chi connectivity index (χ2n) is 1.80. The maximum Gasteiger partial charge on any atom is 0.402 e. The number of Topliss-reactive ketones (excluding diaryl/α,β-unsaturated/α-hetero) is 1. The molecule has 0 spiro atoms. The van der Waals surface area contributed by atoms with Gasteiger partial charge in [0.05, 0.1) is 6.61 Å². The van der Waals surface area contributed by atoms with Crippen LogP contribution in [0, 0.1) is 0 Å². The molecule has 0 aromatic heterocycles. The van der Waals surface area contributed by atoms with E-state index in [9.17, 15) is 14.2 Å². The van der Waals surface area contributed by atoms with Crippen LogP contribution in [0.5, 0.6) is 0 Å². The van der Waals surface area contributed by atoms with Crippen LogP contribution in [-0.2, 0) is 18.7 Å². The topological polar surface area (TPSA) is 80.7 Å². The van der Waals surface area contributed by atoms with E-state index in [0.717, 1.165) is 6.92 Å². The summed E-state index contributed by atoms with van der Waals surface area (Å²) in [6.45, 7) is 2.30. The highest BCUT2D eigenvalue weighted by Crippen LogP contribution is 2.42. The molecule has 0 aromatic rings. The Morgan fingerprint density at radius 2 is 2.00 bits per heavy atom. The predicted octanol–water partition coefficient (Wildman–Crippen LogP) is 0.324. The molecule has 0 aliphatic carbocycles. The number of rotatable bonds is 4. The summed E-state index contributed by atoms with van der Waals surface area (Å²) in [6.07, 6.45) is 0. The molecule has 6 heteroatoms. The van der Waals surface area contributed by atoms with E-state index in [0.29, 0.717) is 0 Å². The minimum absolute atomic E-state index is 0.0766. The first-order valence-electron chi connectivity index (χ1n) is 2.94. The molecule has 5 nitrogen and oxygen atoms in total. The lowest BCUT2D eigenvalue weighted by molar-refractivity contribution is -0.131. The van der Waals surface area contributed by atoms with Gasteiger partial charge in [-0.2, -0.15) is 0 Å². The Morgan fingerprint density at radius 1 is 1.55 bits per heavy atom.